The number of esters is 1. The van der Waals surface area contributed by atoms with Gasteiger partial charge in [-0.3, -0.25) is 4.79 Å². The van der Waals surface area contributed by atoms with Crippen LogP contribution in [0.25, 0.3) is 0 Å². The minimum absolute atomic E-state index is 0.218. The van der Waals surface area contributed by atoms with Crippen molar-refractivity contribution < 1.29 is 9.53 Å². The number of carbonyl (C=O) groups is 1. The van der Waals surface area contributed by atoms with Crippen LogP contribution < -0.4 is 0 Å². The molecule has 0 rings (SSSR count). The second kappa shape index (κ2) is 6.53. The third-order valence-electron chi connectivity index (χ3n) is 1.33. The van der Waals surface area contributed by atoms with E-state index in [0.717, 1.165) is 19.3 Å². The van der Waals surface area contributed by atoms with Crippen LogP contribution in [0.4, 0.5) is 0 Å². The van der Waals surface area contributed by atoms with Crippen LogP contribution in [0.2, 0.25) is 0 Å². The third kappa shape index (κ3) is 6.23. The van der Waals surface area contributed by atoms with Crippen molar-refractivity contribution in [3.8, 4) is 0 Å². The first-order valence-electron chi connectivity index (χ1n) is 4.03. The van der Waals surface area contributed by atoms with E-state index in [1.54, 1.807) is 6.92 Å². The summed E-state index contributed by atoms with van der Waals surface area (Å²) in [5.74, 6) is -0.218. The van der Waals surface area contributed by atoms with Crippen LogP contribution >= 0.6 is 12.6 Å². The van der Waals surface area contributed by atoms with E-state index in [-0.39, 0.29) is 11.2 Å². The van der Waals surface area contributed by atoms with Gasteiger partial charge in [-0.05, 0) is 13.3 Å². The average molecular weight is 176 g/mol. The van der Waals surface area contributed by atoms with E-state index in [9.17, 15) is 4.79 Å². The van der Waals surface area contributed by atoms with Crippen LogP contribution in [0.1, 0.15) is 33.1 Å². The van der Waals surface area contributed by atoms with Crippen LogP contribution in [0.3, 0.4) is 0 Å². The van der Waals surface area contributed by atoms with Crippen molar-refractivity contribution >= 4 is 18.6 Å². The zero-order valence-electron chi connectivity index (χ0n) is 7.17. The Morgan fingerprint density at radius 3 is 2.64 bits per heavy atom. The SMILES string of the molecule is CCCCCOC(=O)C(C)S. The van der Waals surface area contributed by atoms with E-state index >= 15 is 0 Å². The Balaban J connectivity index is 3.18. The summed E-state index contributed by atoms with van der Waals surface area (Å²) in [5.41, 5.74) is 0. The number of rotatable bonds is 5. The van der Waals surface area contributed by atoms with Crippen molar-refractivity contribution in [3.05, 3.63) is 0 Å². The molecule has 66 valence electrons. The summed E-state index contributed by atoms with van der Waals surface area (Å²) in [4.78, 5) is 10.8. The molecule has 0 aliphatic carbocycles. The zero-order valence-corrected chi connectivity index (χ0v) is 8.06. The lowest BCUT2D eigenvalue weighted by Crippen LogP contribution is -2.15. The molecule has 0 aromatic heterocycles. The molecule has 0 spiro atoms. The molecule has 0 aromatic carbocycles. The molecule has 0 amide bonds. The van der Waals surface area contributed by atoms with Crippen LogP contribution in [-0.2, 0) is 9.53 Å². The first-order valence-corrected chi connectivity index (χ1v) is 4.54. The monoisotopic (exact) mass is 176 g/mol. The molecule has 0 saturated carbocycles. The first-order chi connectivity index (χ1) is 5.18. The van der Waals surface area contributed by atoms with Crippen molar-refractivity contribution in [2.75, 3.05) is 6.61 Å². The molecule has 0 aromatic rings. The maximum absolute atomic E-state index is 10.8. The van der Waals surface area contributed by atoms with Crippen molar-refractivity contribution in [2.24, 2.45) is 0 Å². The molecular formula is C8H16O2S. The van der Waals surface area contributed by atoms with Gasteiger partial charge in [0.05, 0.1) is 11.9 Å². The summed E-state index contributed by atoms with van der Waals surface area (Å²) in [6.45, 7) is 4.37. The number of hydrogen-bond donors (Lipinski definition) is 1. The predicted octanol–water partition coefficient (Wildman–Crippen LogP) is 2.04. The third-order valence-corrected chi connectivity index (χ3v) is 1.54. The van der Waals surface area contributed by atoms with Crippen molar-refractivity contribution in [1.29, 1.82) is 0 Å². The van der Waals surface area contributed by atoms with Gasteiger partial charge in [-0.1, -0.05) is 19.8 Å². The first kappa shape index (κ1) is 10.8. The van der Waals surface area contributed by atoms with E-state index in [1.807, 2.05) is 0 Å². The molecule has 0 saturated heterocycles. The summed E-state index contributed by atoms with van der Waals surface area (Å²) in [5, 5.41) is -0.295. The van der Waals surface area contributed by atoms with Gasteiger partial charge in [-0.2, -0.15) is 12.6 Å². The smallest absolute Gasteiger partial charge is 0.318 e. The molecule has 1 unspecified atom stereocenters. The van der Waals surface area contributed by atoms with E-state index < -0.39 is 0 Å². The molecule has 0 aliphatic rings. The Kier molecular flexibility index (Phi) is 6.42. The van der Waals surface area contributed by atoms with Gasteiger partial charge >= 0.3 is 5.97 Å². The summed E-state index contributed by atoms with van der Waals surface area (Å²) >= 11 is 3.94. The molecule has 0 fully saturated rings. The highest BCUT2D eigenvalue weighted by Gasteiger charge is 2.07. The topological polar surface area (TPSA) is 26.3 Å². The fourth-order valence-electron chi connectivity index (χ4n) is 0.645. The number of hydrogen-bond acceptors (Lipinski definition) is 3. The molecule has 0 heterocycles. The van der Waals surface area contributed by atoms with Crippen LogP contribution in [0.15, 0.2) is 0 Å². The summed E-state index contributed by atoms with van der Waals surface area (Å²) in [6, 6.07) is 0. The average Bonchev–Trinajstić information content (AvgIpc) is 1.97. The second-order valence-electron chi connectivity index (χ2n) is 2.55. The van der Waals surface area contributed by atoms with Gasteiger partial charge < -0.3 is 4.74 Å². The molecule has 3 heteroatoms. The molecule has 1 atom stereocenters. The number of thiol groups is 1. The molecular weight excluding hydrogens is 160 g/mol. The number of unbranched alkanes of at least 4 members (excludes halogenated alkanes) is 2. The van der Waals surface area contributed by atoms with Gasteiger partial charge in [0.15, 0.2) is 0 Å². The van der Waals surface area contributed by atoms with Gasteiger partial charge in [0, 0.05) is 0 Å². The van der Waals surface area contributed by atoms with Gasteiger partial charge in [0.1, 0.15) is 0 Å². The predicted molar refractivity (Wildman–Crippen MR) is 48.9 cm³/mol. The Hall–Kier alpha value is -0.180. The van der Waals surface area contributed by atoms with Crippen molar-refractivity contribution in [2.45, 2.75) is 38.4 Å². The Bertz CT molecular complexity index is 113. The fourth-order valence-corrected chi connectivity index (χ4v) is 0.720. The highest BCUT2D eigenvalue weighted by molar-refractivity contribution is 7.81. The zero-order chi connectivity index (χ0) is 8.69. The molecule has 2 nitrogen and oxygen atoms in total. The highest BCUT2D eigenvalue weighted by Crippen LogP contribution is 1.99. The largest absolute Gasteiger partial charge is 0.465 e. The quantitative estimate of drug-likeness (QED) is 0.394. The Morgan fingerprint density at radius 2 is 2.18 bits per heavy atom. The summed E-state index contributed by atoms with van der Waals surface area (Å²) in [7, 11) is 0. The number of ether oxygens (including phenoxy) is 1. The highest BCUT2D eigenvalue weighted by atomic mass is 32.1. The van der Waals surface area contributed by atoms with E-state index in [4.69, 9.17) is 4.74 Å². The molecule has 0 N–H and O–H groups in total. The standard InChI is InChI=1S/C8H16O2S/c1-3-4-5-6-10-8(9)7(2)11/h7,11H,3-6H2,1-2H3. The summed E-state index contributed by atoms with van der Waals surface area (Å²) in [6.07, 6.45) is 3.23. The van der Waals surface area contributed by atoms with Gasteiger partial charge in [-0.25, -0.2) is 0 Å². The maximum Gasteiger partial charge on any atom is 0.318 e. The van der Waals surface area contributed by atoms with E-state index in [1.165, 1.54) is 0 Å². The van der Waals surface area contributed by atoms with E-state index in [0.29, 0.717) is 6.61 Å². The lowest BCUT2D eigenvalue weighted by molar-refractivity contribution is -0.142. The molecule has 0 bridgehead atoms. The Labute approximate surface area is 73.7 Å². The van der Waals surface area contributed by atoms with Crippen LogP contribution in [0.5, 0.6) is 0 Å². The lowest BCUT2D eigenvalue weighted by Gasteiger charge is -2.05. The maximum atomic E-state index is 10.8. The molecule has 0 aliphatic heterocycles. The van der Waals surface area contributed by atoms with Gasteiger partial charge in [-0.15, -0.1) is 0 Å². The van der Waals surface area contributed by atoms with Crippen molar-refractivity contribution in [3.63, 3.8) is 0 Å². The molecule has 11 heavy (non-hydrogen) atoms. The van der Waals surface area contributed by atoms with Gasteiger partial charge in [0.2, 0.25) is 0 Å². The number of carbonyl (C=O) groups excluding carboxylic acids is 1. The van der Waals surface area contributed by atoms with Crippen molar-refractivity contribution in [1.82, 2.24) is 0 Å². The minimum Gasteiger partial charge on any atom is -0.465 e. The fraction of sp³-hybridized carbons (Fsp3) is 0.875. The van der Waals surface area contributed by atoms with Crippen LogP contribution in [0, 0.1) is 0 Å². The Morgan fingerprint density at radius 1 is 1.55 bits per heavy atom. The van der Waals surface area contributed by atoms with Crippen LogP contribution in [-0.4, -0.2) is 17.8 Å². The minimum atomic E-state index is -0.295. The summed E-state index contributed by atoms with van der Waals surface area (Å²) < 4.78 is 4.89. The lowest BCUT2D eigenvalue weighted by atomic mass is 10.3. The van der Waals surface area contributed by atoms with E-state index in [2.05, 4.69) is 19.6 Å². The second-order valence-corrected chi connectivity index (χ2v) is 3.33. The molecule has 0 radical (unpaired) electrons. The normalized spacial score (nSPS) is 12.6. The van der Waals surface area contributed by atoms with Gasteiger partial charge in [0.25, 0.3) is 0 Å².